The molecule has 3 rings (SSSR count). The van der Waals surface area contributed by atoms with Gasteiger partial charge in [0.25, 0.3) is 0 Å². The molecule has 1 unspecified atom stereocenters. The minimum atomic E-state index is 0.527. The lowest BCUT2D eigenvalue weighted by atomic mass is 9.97. The van der Waals surface area contributed by atoms with Gasteiger partial charge in [-0.25, -0.2) is 0 Å². The maximum absolute atomic E-state index is 5.78. The van der Waals surface area contributed by atoms with Crippen LogP contribution in [0.25, 0.3) is 0 Å². The standard InChI is InChI=1S/C14H15NO/c1-2-7-13(8-3-1)15-10-12-6-4-5-9-14(12)16-11-15/h1-5,7-9,12H,6,10-11H2. The summed E-state index contributed by atoms with van der Waals surface area (Å²) in [4.78, 5) is 2.29. The molecule has 1 aliphatic carbocycles. The molecular weight excluding hydrogens is 198 g/mol. The Morgan fingerprint density at radius 1 is 1.19 bits per heavy atom. The third kappa shape index (κ3) is 1.71. The summed E-state index contributed by atoms with van der Waals surface area (Å²) in [6.45, 7) is 1.72. The molecule has 2 nitrogen and oxygen atoms in total. The van der Waals surface area contributed by atoms with Gasteiger partial charge in [0.1, 0.15) is 5.76 Å². The van der Waals surface area contributed by atoms with E-state index >= 15 is 0 Å². The molecule has 0 bridgehead atoms. The van der Waals surface area contributed by atoms with Gasteiger partial charge >= 0.3 is 0 Å². The van der Waals surface area contributed by atoms with Crippen molar-refractivity contribution in [2.24, 2.45) is 5.92 Å². The number of rotatable bonds is 1. The molecule has 1 aromatic carbocycles. The molecule has 2 aliphatic rings. The first-order valence-corrected chi connectivity index (χ1v) is 5.73. The largest absolute Gasteiger partial charge is 0.477 e. The number of hydrogen-bond acceptors (Lipinski definition) is 2. The normalized spacial score (nSPS) is 23.4. The van der Waals surface area contributed by atoms with Crippen LogP contribution in [0.15, 0.2) is 54.3 Å². The summed E-state index contributed by atoms with van der Waals surface area (Å²) in [5.41, 5.74) is 1.25. The van der Waals surface area contributed by atoms with E-state index in [4.69, 9.17) is 4.74 Å². The van der Waals surface area contributed by atoms with Crippen molar-refractivity contribution < 1.29 is 4.74 Å². The summed E-state index contributed by atoms with van der Waals surface area (Å²) in [5, 5.41) is 0. The predicted octanol–water partition coefficient (Wildman–Crippen LogP) is 2.94. The Morgan fingerprint density at radius 2 is 2.06 bits per heavy atom. The van der Waals surface area contributed by atoms with Crippen molar-refractivity contribution in [3.05, 3.63) is 54.3 Å². The highest BCUT2D eigenvalue weighted by Gasteiger charge is 2.25. The number of nitrogens with zero attached hydrogens (tertiary/aromatic N) is 1. The van der Waals surface area contributed by atoms with Gasteiger partial charge in [0.15, 0.2) is 6.73 Å². The lowest BCUT2D eigenvalue weighted by Gasteiger charge is -2.36. The van der Waals surface area contributed by atoms with Gasteiger partial charge in [-0.3, -0.25) is 0 Å². The fourth-order valence-electron chi connectivity index (χ4n) is 2.28. The van der Waals surface area contributed by atoms with Gasteiger partial charge in [-0.1, -0.05) is 30.4 Å². The van der Waals surface area contributed by atoms with E-state index in [2.05, 4.69) is 47.4 Å². The van der Waals surface area contributed by atoms with Gasteiger partial charge in [0, 0.05) is 18.2 Å². The molecule has 82 valence electrons. The van der Waals surface area contributed by atoms with Crippen LogP contribution in [0.1, 0.15) is 6.42 Å². The highest BCUT2D eigenvalue weighted by atomic mass is 16.5. The second-order valence-electron chi connectivity index (χ2n) is 4.26. The third-order valence-corrected chi connectivity index (χ3v) is 3.17. The smallest absolute Gasteiger partial charge is 0.161 e. The van der Waals surface area contributed by atoms with E-state index in [0.717, 1.165) is 18.7 Å². The van der Waals surface area contributed by atoms with Crippen LogP contribution < -0.4 is 4.90 Å². The van der Waals surface area contributed by atoms with Crippen LogP contribution in [0.2, 0.25) is 0 Å². The third-order valence-electron chi connectivity index (χ3n) is 3.17. The molecule has 2 heteroatoms. The van der Waals surface area contributed by atoms with Crippen molar-refractivity contribution in [2.75, 3.05) is 18.2 Å². The predicted molar refractivity (Wildman–Crippen MR) is 65.1 cm³/mol. The van der Waals surface area contributed by atoms with Gasteiger partial charge in [0.05, 0.1) is 0 Å². The molecule has 0 spiro atoms. The quantitative estimate of drug-likeness (QED) is 0.711. The molecule has 0 N–H and O–H groups in total. The Kier molecular flexibility index (Phi) is 2.41. The van der Waals surface area contributed by atoms with E-state index in [1.807, 2.05) is 6.07 Å². The molecule has 1 heterocycles. The number of para-hydroxylation sites is 1. The van der Waals surface area contributed by atoms with Crippen LogP contribution in [0.4, 0.5) is 5.69 Å². The number of allylic oxidation sites excluding steroid dienone is 3. The molecule has 1 saturated heterocycles. The van der Waals surface area contributed by atoms with Gasteiger partial charge in [-0.2, -0.15) is 0 Å². The second-order valence-corrected chi connectivity index (χ2v) is 4.26. The number of fused-ring (bicyclic) bond motifs is 1. The Hall–Kier alpha value is -1.70. The monoisotopic (exact) mass is 213 g/mol. The molecule has 0 amide bonds. The molecule has 1 atom stereocenters. The molecular formula is C14H15NO. The van der Waals surface area contributed by atoms with Crippen molar-refractivity contribution in [3.8, 4) is 0 Å². The Bertz CT molecular complexity index is 422. The minimum absolute atomic E-state index is 0.527. The topological polar surface area (TPSA) is 12.5 Å². The molecule has 1 fully saturated rings. The molecule has 1 aliphatic heterocycles. The summed E-state index contributed by atoms with van der Waals surface area (Å²) in [7, 11) is 0. The van der Waals surface area contributed by atoms with Crippen LogP contribution in [0.3, 0.4) is 0 Å². The highest BCUT2D eigenvalue weighted by molar-refractivity contribution is 5.46. The summed E-state index contributed by atoms with van der Waals surface area (Å²) < 4.78 is 5.78. The first-order chi connectivity index (χ1) is 7.93. The first-order valence-electron chi connectivity index (χ1n) is 5.73. The van der Waals surface area contributed by atoms with Crippen molar-refractivity contribution in [2.45, 2.75) is 6.42 Å². The fraction of sp³-hybridized carbons (Fsp3) is 0.286. The zero-order valence-electron chi connectivity index (χ0n) is 9.17. The van der Waals surface area contributed by atoms with Crippen LogP contribution in [0.5, 0.6) is 0 Å². The molecule has 16 heavy (non-hydrogen) atoms. The molecule has 0 aromatic heterocycles. The number of ether oxygens (including phenoxy) is 1. The van der Waals surface area contributed by atoms with Crippen molar-refractivity contribution in [1.82, 2.24) is 0 Å². The summed E-state index contributed by atoms with van der Waals surface area (Å²) >= 11 is 0. The lowest BCUT2D eigenvalue weighted by Crippen LogP contribution is -2.38. The Balaban J connectivity index is 1.78. The SMILES string of the molecule is C1=CCC2CN(c3ccccc3)COC2=C1. The molecule has 1 aromatic rings. The van der Waals surface area contributed by atoms with Gasteiger partial charge < -0.3 is 9.64 Å². The van der Waals surface area contributed by atoms with E-state index in [0.29, 0.717) is 12.6 Å². The van der Waals surface area contributed by atoms with Gasteiger partial charge in [-0.15, -0.1) is 0 Å². The van der Waals surface area contributed by atoms with E-state index in [9.17, 15) is 0 Å². The summed E-state index contributed by atoms with van der Waals surface area (Å²) in [6, 6.07) is 10.5. The maximum Gasteiger partial charge on any atom is 0.161 e. The van der Waals surface area contributed by atoms with Crippen LogP contribution in [-0.2, 0) is 4.74 Å². The van der Waals surface area contributed by atoms with Crippen molar-refractivity contribution >= 4 is 5.69 Å². The zero-order chi connectivity index (χ0) is 10.8. The van der Waals surface area contributed by atoms with Crippen molar-refractivity contribution in [1.29, 1.82) is 0 Å². The van der Waals surface area contributed by atoms with Crippen LogP contribution in [-0.4, -0.2) is 13.3 Å². The van der Waals surface area contributed by atoms with Crippen molar-refractivity contribution in [3.63, 3.8) is 0 Å². The lowest BCUT2D eigenvalue weighted by molar-refractivity contribution is 0.141. The average molecular weight is 213 g/mol. The van der Waals surface area contributed by atoms with Crippen LogP contribution in [0, 0.1) is 5.92 Å². The number of benzene rings is 1. The van der Waals surface area contributed by atoms with E-state index in [1.54, 1.807) is 0 Å². The van der Waals surface area contributed by atoms with Crippen LogP contribution >= 0.6 is 0 Å². The first kappa shape index (κ1) is 9.52. The number of hydrogen-bond donors (Lipinski definition) is 0. The average Bonchev–Trinajstić information content (AvgIpc) is 2.39. The second kappa shape index (κ2) is 4.05. The van der Waals surface area contributed by atoms with E-state index < -0.39 is 0 Å². The summed E-state index contributed by atoms with van der Waals surface area (Å²) in [5.74, 6) is 1.67. The highest BCUT2D eigenvalue weighted by Crippen LogP contribution is 2.29. The number of anilines is 1. The molecule has 0 radical (unpaired) electrons. The van der Waals surface area contributed by atoms with E-state index in [-0.39, 0.29) is 0 Å². The molecule has 0 saturated carbocycles. The Morgan fingerprint density at radius 3 is 2.94 bits per heavy atom. The maximum atomic E-state index is 5.78. The van der Waals surface area contributed by atoms with E-state index in [1.165, 1.54) is 5.69 Å². The summed E-state index contributed by atoms with van der Waals surface area (Å²) in [6.07, 6.45) is 7.49. The minimum Gasteiger partial charge on any atom is -0.477 e. The fourth-order valence-corrected chi connectivity index (χ4v) is 2.28. The van der Waals surface area contributed by atoms with Gasteiger partial charge in [-0.05, 0) is 24.6 Å². The Labute approximate surface area is 95.8 Å². The van der Waals surface area contributed by atoms with Gasteiger partial charge in [0.2, 0.25) is 0 Å². The zero-order valence-corrected chi connectivity index (χ0v) is 9.17.